The maximum atomic E-state index is 5.47. The van der Waals surface area contributed by atoms with Gasteiger partial charge >= 0.3 is 0 Å². The highest BCUT2D eigenvalue weighted by Crippen LogP contribution is 2.23. The highest BCUT2D eigenvalue weighted by Gasteiger charge is 2.23. The van der Waals surface area contributed by atoms with Crippen molar-refractivity contribution in [1.29, 1.82) is 0 Å². The number of nitrogens with two attached hydrogens (primary N) is 1. The van der Waals surface area contributed by atoms with E-state index in [4.69, 9.17) is 18.0 Å². The lowest BCUT2D eigenvalue weighted by atomic mass is 9.95. The zero-order valence-electron chi connectivity index (χ0n) is 9.33. The molecule has 0 bridgehead atoms. The minimum Gasteiger partial charge on any atom is -0.393 e. The molecule has 0 amide bonds. The second-order valence-electron chi connectivity index (χ2n) is 4.66. The summed E-state index contributed by atoms with van der Waals surface area (Å²) in [5.74, 6) is 1.73. The summed E-state index contributed by atoms with van der Waals surface area (Å²) in [5.41, 5.74) is 5.47. The van der Waals surface area contributed by atoms with Crippen LogP contribution in [0.3, 0.4) is 0 Å². The smallest absolute Gasteiger partial charge is 0.0727 e. The molecule has 0 aromatic rings. The van der Waals surface area contributed by atoms with Crippen LogP contribution in [0, 0.1) is 11.8 Å². The van der Waals surface area contributed by atoms with E-state index in [0.29, 0.717) is 4.99 Å². The van der Waals surface area contributed by atoms with Gasteiger partial charge in [-0.3, -0.25) is 0 Å². The number of hydrogen-bond acceptors (Lipinski definition) is 2. The van der Waals surface area contributed by atoms with Gasteiger partial charge in [-0.05, 0) is 44.2 Å². The molecular formula is C11H22N2S. The first-order chi connectivity index (χ1) is 6.59. The Labute approximate surface area is 92.8 Å². The first kappa shape index (κ1) is 11.9. The summed E-state index contributed by atoms with van der Waals surface area (Å²) >= 11 is 4.86. The van der Waals surface area contributed by atoms with E-state index in [1.165, 1.54) is 26.1 Å². The van der Waals surface area contributed by atoms with E-state index in [0.717, 1.165) is 24.7 Å². The van der Waals surface area contributed by atoms with Crippen LogP contribution in [0.1, 0.15) is 33.1 Å². The van der Waals surface area contributed by atoms with Crippen LogP contribution in [0.15, 0.2) is 0 Å². The summed E-state index contributed by atoms with van der Waals surface area (Å²) < 4.78 is 0. The molecular weight excluding hydrogens is 192 g/mol. The van der Waals surface area contributed by atoms with E-state index in [2.05, 4.69) is 18.7 Å². The predicted molar refractivity (Wildman–Crippen MR) is 65.4 cm³/mol. The van der Waals surface area contributed by atoms with Gasteiger partial charge in [-0.15, -0.1) is 0 Å². The summed E-state index contributed by atoms with van der Waals surface area (Å²) in [4.78, 5) is 3.20. The molecule has 1 heterocycles. The molecule has 1 aliphatic rings. The fraction of sp³-hybridized carbons (Fsp3) is 0.909. The molecule has 1 saturated heterocycles. The molecule has 0 radical (unpaired) electrons. The monoisotopic (exact) mass is 214 g/mol. The number of likely N-dealkylation sites (tertiary alicyclic amines) is 1. The fourth-order valence-electron chi connectivity index (χ4n) is 2.09. The molecule has 0 saturated carbocycles. The lowest BCUT2D eigenvalue weighted by Crippen LogP contribution is -2.24. The van der Waals surface area contributed by atoms with Gasteiger partial charge in [0.15, 0.2) is 0 Å². The lowest BCUT2D eigenvalue weighted by molar-refractivity contribution is 0.302. The summed E-state index contributed by atoms with van der Waals surface area (Å²) in [6, 6.07) is 0. The van der Waals surface area contributed by atoms with Gasteiger partial charge in [0.05, 0.1) is 4.99 Å². The van der Waals surface area contributed by atoms with Gasteiger partial charge in [-0.2, -0.15) is 0 Å². The molecule has 1 fully saturated rings. The molecule has 1 unspecified atom stereocenters. The van der Waals surface area contributed by atoms with E-state index in [-0.39, 0.29) is 0 Å². The molecule has 1 rings (SSSR count). The molecule has 2 nitrogen and oxygen atoms in total. The van der Waals surface area contributed by atoms with Crippen molar-refractivity contribution in [1.82, 2.24) is 4.90 Å². The van der Waals surface area contributed by atoms with Crippen molar-refractivity contribution in [3.8, 4) is 0 Å². The van der Waals surface area contributed by atoms with Crippen molar-refractivity contribution in [2.45, 2.75) is 33.1 Å². The van der Waals surface area contributed by atoms with Crippen LogP contribution in [0.2, 0.25) is 0 Å². The number of hydrogen-bond donors (Lipinski definition) is 1. The van der Waals surface area contributed by atoms with E-state index < -0.39 is 0 Å². The molecule has 1 atom stereocenters. The Hall–Kier alpha value is -0.150. The number of rotatable bonds is 5. The third-order valence-electron chi connectivity index (χ3n) is 3.15. The predicted octanol–water partition coefficient (Wildman–Crippen LogP) is 2.03. The van der Waals surface area contributed by atoms with Crippen LogP contribution < -0.4 is 5.73 Å². The average Bonchev–Trinajstić information content (AvgIpc) is 2.52. The third kappa shape index (κ3) is 3.93. The van der Waals surface area contributed by atoms with Crippen molar-refractivity contribution in [2.24, 2.45) is 17.6 Å². The van der Waals surface area contributed by atoms with Crippen LogP contribution in [-0.2, 0) is 0 Å². The minimum atomic E-state index is 0.657. The van der Waals surface area contributed by atoms with E-state index in [1.54, 1.807) is 0 Å². The van der Waals surface area contributed by atoms with Crippen LogP contribution >= 0.6 is 12.2 Å². The molecule has 82 valence electrons. The van der Waals surface area contributed by atoms with E-state index >= 15 is 0 Å². The van der Waals surface area contributed by atoms with Crippen LogP contribution in [0.4, 0.5) is 0 Å². The first-order valence-electron chi connectivity index (χ1n) is 5.60. The van der Waals surface area contributed by atoms with Crippen molar-refractivity contribution >= 4 is 17.2 Å². The largest absolute Gasteiger partial charge is 0.393 e. The van der Waals surface area contributed by atoms with Gasteiger partial charge < -0.3 is 10.6 Å². The van der Waals surface area contributed by atoms with Crippen molar-refractivity contribution in [3.63, 3.8) is 0 Å². The van der Waals surface area contributed by atoms with Gasteiger partial charge in [0.2, 0.25) is 0 Å². The molecule has 14 heavy (non-hydrogen) atoms. The summed E-state index contributed by atoms with van der Waals surface area (Å²) in [5, 5.41) is 0. The van der Waals surface area contributed by atoms with Crippen molar-refractivity contribution in [2.75, 3.05) is 19.6 Å². The summed E-state index contributed by atoms with van der Waals surface area (Å²) in [6.07, 6.45) is 3.39. The minimum absolute atomic E-state index is 0.657. The Kier molecular flexibility index (Phi) is 4.82. The van der Waals surface area contributed by atoms with Gasteiger partial charge in [-0.25, -0.2) is 0 Å². The topological polar surface area (TPSA) is 29.3 Å². The Morgan fingerprint density at radius 1 is 1.57 bits per heavy atom. The second-order valence-corrected chi connectivity index (χ2v) is 5.19. The molecule has 0 aromatic carbocycles. The second kappa shape index (κ2) is 5.66. The van der Waals surface area contributed by atoms with Gasteiger partial charge in [0, 0.05) is 6.54 Å². The maximum Gasteiger partial charge on any atom is 0.0727 e. The zero-order chi connectivity index (χ0) is 10.6. The Morgan fingerprint density at radius 3 is 2.79 bits per heavy atom. The van der Waals surface area contributed by atoms with Crippen LogP contribution in [0.25, 0.3) is 0 Å². The summed E-state index contributed by atoms with van der Waals surface area (Å²) in [6.45, 7) is 8.35. The lowest BCUT2D eigenvalue weighted by Gasteiger charge is -2.17. The fourth-order valence-corrected chi connectivity index (χ4v) is 2.23. The van der Waals surface area contributed by atoms with Crippen molar-refractivity contribution in [3.05, 3.63) is 0 Å². The number of nitrogens with zero attached hydrogens (tertiary/aromatic N) is 1. The highest BCUT2D eigenvalue weighted by atomic mass is 32.1. The maximum absolute atomic E-state index is 5.47. The Balaban J connectivity index is 2.13. The molecule has 2 N–H and O–H groups in total. The molecule has 1 aliphatic heterocycles. The Morgan fingerprint density at radius 2 is 2.29 bits per heavy atom. The quantitative estimate of drug-likeness (QED) is 0.710. The zero-order valence-corrected chi connectivity index (χ0v) is 10.1. The molecule has 3 heteroatoms. The van der Waals surface area contributed by atoms with Crippen LogP contribution in [-0.4, -0.2) is 29.5 Å². The Bertz CT molecular complexity index is 192. The van der Waals surface area contributed by atoms with Gasteiger partial charge in [0.25, 0.3) is 0 Å². The van der Waals surface area contributed by atoms with Crippen LogP contribution in [0.5, 0.6) is 0 Å². The first-order valence-corrected chi connectivity index (χ1v) is 6.01. The standard InChI is InChI=1S/C11H22N2S/c1-9(2)10-5-7-13(8-10)6-3-4-11(12)14/h9-10H,3-8H2,1-2H3,(H2,12,14). The molecule has 0 spiro atoms. The SMILES string of the molecule is CC(C)C1CCN(CCCC(N)=S)C1. The molecule has 0 aromatic heterocycles. The van der Waals surface area contributed by atoms with Gasteiger partial charge in [-0.1, -0.05) is 26.1 Å². The van der Waals surface area contributed by atoms with E-state index in [1.807, 2.05) is 0 Å². The van der Waals surface area contributed by atoms with Crippen molar-refractivity contribution < 1.29 is 0 Å². The average molecular weight is 214 g/mol. The molecule has 0 aliphatic carbocycles. The van der Waals surface area contributed by atoms with E-state index in [9.17, 15) is 0 Å². The normalized spacial score (nSPS) is 23.2. The third-order valence-corrected chi connectivity index (χ3v) is 3.35. The number of thiocarbonyl (C=S) groups is 1. The highest BCUT2D eigenvalue weighted by molar-refractivity contribution is 7.80. The van der Waals surface area contributed by atoms with Gasteiger partial charge in [0.1, 0.15) is 0 Å². The summed E-state index contributed by atoms with van der Waals surface area (Å²) in [7, 11) is 0.